The van der Waals surface area contributed by atoms with E-state index in [2.05, 4.69) is 55.1 Å². The Hall–Kier alpha value is -2.96. The molecule has 2 heterocycles. The van der Waals surface area contributed by atoms with E-state index in [1.165, 1.54) is 4.68 Å². The van der Waals surface area contributed by atoms with E-state index >= 15 is 0 Å². The van der Waals surface area contributed by atoms with Crippen LogP contribution in [-0.4, -0.2) is 41.2 Å². The van der Waals surface area contributed by atoms with Gasteiger partial charge in [0.2, 0.25) is 0 Å². The summed E-state index contributed by atoms with van der Waals surface area (Å²) in [7, 11) is 1.89. The van der Waals surface area contributed by atoms with Crippen LogP contribution < -0.4 is 15.8 Å². The van der Waals surface area contributed by atoms with Gasteiger partial charge in [-0.1, -0.05) is 20.8 Å². The summed E-state index contributed by atoms with van der Waals surface area (Å²) in [5.74, 6) is 0.676. The monoisotopic (exact) mass is 408 g/mol. The van der Waals surface area contributed by atoms with Gasteiger partial charge in [0, 0.05) is 31.4 Å². The zero-order valence-corrected chi connectivity index (χ0v) is 19.1. The first-order chi connectivity index (χ1) is 14.4. The summed E-state index contributed by atoms with van der Waals surface area (Å²) in [6.07, 6.45) is 0.636. The standard InChI is InChI=1S/C23H32N6O/c1-8-17-20(14(4)5)26-22-21(15(6)27-29(22)23(17)30)25-18-12-11-16(13-19(18)24-7)28(9-2)10-3/h11-14,24H,8-10H2,1-7H3. The third-order valence-corrected chi connectivity index (χ3v) is 5.50. The number of nitrogens with one attached hydrogen (secondary N) is 1. The van der Waals surface area contributed by atoms with Crippen molar-refractivity contribution in [3.63, 3.8) is 0 Å². The Morgan fingerprint density at radius 1 is 1.20 bits per heavy atom. The highest BCUT2D eigenvalue weighted by molar-refractivity contribution is 6.48. The number of rotatable bonds is 7. The molecule has 1 aliphatic rings. The molecular weight excluding hydrogens is 376 g/mol. The fraction of sp³-hybridized carbons (Fsp3) is 0.478. The Labute approximate surface area is 178 Å². The third kappa shape index (κ3) is 3.76. The van der Waals surface area contributed by atoms with Crippen molar-refractivity contribution in [1.82, 2.24) is 9.66 Å². The minimum absolute atomic E-state index is 0.0959. The number of hydrogen-bond acceptors (Lipinski definition) is 6. The topological polar surface area (TPSA) is 74.9 Å². The van der Waals surface area contributed by atoms with Crippen molar-refractivity contribution in [2.45, 2.75) is 53.9 Å². The lowest BCUT2D eigenvalue weighted by Crippen LogP contribution is -2.27. The number of aromatic nitrogens is 2. The van der Waals surface area contributed by atoms with E-state index in [0.717, 1.165) is 41.4 Å². The van der Waals surface area contributed by atoms with Crippen LogP contribution in [0.25, 0.3) is 0 Å². The minimum atomic E-state index is -0.0959. The summed E-state index contributed by atoms with van der Waals surface area (Å²) >= 11 is 0. The van der Waals surface area contributed by atoms with Crippen molar-refractivity contribution in [1.29, 1.82) is 0 Å². The van der Waals surface area contributed by atoms with Crippen molar-refractivity contribution >= 4 is 28.5 Å². The van der Waals surface area contributed by atoms with E-state index in [4.69, 9.17) is 9.98 Å². The molecular formula is C23H32N6O. The molecule has 0 aliphatic carbocycles. The van der Waals surface area contributed by atoms with Gasteiger partial charge < -0.3 is 10.2 Å². The van der Waals surface area contributed by atoms with E-state index in [9.17, 15) is 4.79 Å². The fourth-order valence-corrected chi connectivity index (χ4v) is 3.84. The molecule has 0 unspecified atom stereocenters. The molecule has 160 valence electrons. The smallest absolute Gasteiger partial charge is 0.277 e. The van der Waals surface area contributed by atoms with Gasteiger partial charge in [0.25, 0.3) is 5.56 Å². The molecule has 0 saturated carbocycles. The SMILES string of the molecule is CCc1c(C(C)C)nc2n(c1=O)N=C(C)C2=Nc1ccc(N(CC)CC)cc1NC. The average Bonchev–Trinajstić information content (AvgIpc) is 3.05. The molecule has 2 aromatic rings. The van der Waals surface area contributed by atoms with Crippen molar-refractivity contribution in [2.75, 3.05) is 30.4 Å². The van der Waals surface area contributed by atoms with Crippen LogP contribution in [0.5, 0.6) is 0 Å². The summed E-state index contributed by atoms with van der Waals surface area (Å²) in [4.78, 5) is 25.0. The predicted molar refractivity (Wildman–Crippen MR) is 126 cm³/mol. The van der Waals surface area contributed by atoms with Crippen molar-refractivity contribution in [3.8, 4) is 0 Å². The van der Waals surface area contributed by atoms with Gasteiger partial charge in [0.05, 0.1) is 22.8 Å². The van der Waals surface area contributed by atoms with Crippen molar-refractivity contribution < 1.29 is 0 Å². The Morgan fingerprint density at radius 3 is 2.47 bits per heavy atom. The zero-order valence-electron chi connectivity index (χ0n) is 19.1. The summed E-state index contributed by atoms with van der Waals surface area (Å²) in [6, 6.07) is 6.19. The average molecular weight is 409 g/mol. The molecule has 1 aliphatic heterocycles. The van der Waals surface area contributed by atoms with Crippen LogP contribution in [0.2, 0.25) is 0 Å². The van der Waals surface area contributed by atoms with E-state index in [1.54, 1.807) is 0 Å². The van der Waals surface area contributed by atoms with Gasteiger partial charge >= 0.3 is 0 Å². The summed E-state index contributed by atoms with van der Waals surface area (Å²) in [5, 5.41) is 7.71. The van der Waals surface area contributed by atoms with E-state index in [1.807, 2.05) is 27.0 Å². The molecule has 1 aromatic carbocycles. The maximum atomic E-state index is 13.0. The summed E-state index contributed by atoms with van der Waals surface area (Å²) in [5.41, 5.74) is 5.67. The van der Waals surface area contributed by atoms with Crippen LogP contribution in [0, 0.1) is 0 Å². The van der Waals surface area contributed by atoms with Crippen LogP contribution in [0.4, 0.5) is 17.1 Å². The first-order valence-electron chi connectivity index (χ1n) is 10.7. The van der Waals surface area contributed by atoms with E-state index < -0.39 is 0 Å². The molecule has 3 rings (SSSR count). The lowest BCUT2D eigenvalue weighted by atomic mass is 10.0. The fourth-order valence-electron chi connectivity index (χ4n) is 3.84. The Kier molecular flexibility index (Phi) is 6.39. The minimum Gasteiger partial charge on any atom is -0.386 e. The Balaban J connectivity index is 2.15. The Bertz CT molecular complexity index is 1060. The zero-order chi connectivity index (χ0) is 22.0. The van der Waals surface area contributed by atoms with E-state index in [-0.39, 0.29) is 11.5 Å². The van der Waals surface area contributed by atoms with Gasteiger partial charge in [-0.2, -0.15) is 9.78 Å². The molecule has 0 fully saturated rings. The number of hydrogen-bond donors (Lipinski definition) is 1. The molecule has 7 nitrogen and oxygen atoms in total. The second-order valence-corrected chi connectivity index (χ2v) is 7.69. The number of aliphatic imine (C=N–C) groups is 1. The van der Waals surface area contributed by atoms with E-state index in [0.29, 0.717) is 23.7 Å². The molecule has 30 heavy (non-hydrogen) atoms. The lowest BCUT2D eigenvalue weighted by molar-refractivity contribution is 0.717. The molecule has 0 radical (unpaired) electrons. The molecule has 1 N–H and O–H groups in total. The number of fused-ring (bicyclic) bond motifs is 1. The van der Waals surface area contributed by atoms with Crippen LogP contribution in [-0.2, 0) is 6.42 Å². The molecule has 0 saturated heterocycles. The lowest BCUT2D eigenvalue weighted by Gasteiger charge is -2.22. The van der Waals surface area contributed by atoms with Crippen LogP contribution >= 0.6 is 0 Å². The van der Waals surface area contributed by atoms with Crippen molar-refractivity contribution in [3.05, 3.63) is 45.6 Å². The molecule has 1 aromatic heterocycles. The second-order valence-electron chi connectivity index (χ2n) is 7.69. The van der Waals surface area contributed by atoms with Gasteiger partial charge in [0.1, 0.15) is 5.71 Å². The maximum Gasteiger partial charge on any atom is 0.277 e. The van der Waals surface area contributed by atoms with Gasteiger partial charge in [0.15, 0.2) is 5.82 Å². The highest BCUT2D eigenvalue weighted by atomic mass is 16.1. The Morgan fingerprint density at radius 2 is 1.90 bits per heavy atom. The highest BCUT2D eigenvalue weighted by Gasteiger charge is 2.27. The number of nitrogens with zero attached hydrogens (tertiary/aromatic N) is 5. The number of benzene rings is 1. The van der Waals surface area contributed by atoms with Gasteiger partial charge in [-0.25, -0.2) is 9.98 Å². The normalized spacial score (nSPS) is 14.3. The largest absolute Gasteiger partial charge is 0.386 e. The molecule has 0 bridgehead atoms. The first-order valence-corrected chi connectivity index (χ1v) is 10.7. The van der Waals surface area contributed by atoms with Gasteiger partial charge in [-0.3, -0.25) is 4.79 Å². The second kappa shape index (κ2) is 8.81. The first kappa shape index (κ1) is 21.7. The third-order valence-electron chi connectivity index (χ3n) is 5.50. The molecule has 7 heteroatoms. The quantitative estimate of drug-likeness (QED) is 0.746. The van der Waals surface area contributed by atoms with Crippen LogP contribution in [0.15, 0.2) is 33.1 Å². The van der Waals surface area contributed by atoms with Gasteiger partial charge in [-0.05, 0) is 51.3 Å². The van der Waals surface area contributed by atoms with Crippen LogP contribution in [0.1, 0.15) is 64.5 Å². The maximum absolute atomic E-state index is 13.0. The van der Waals surface area contributed by atoms with Crippen LogP contribution in [0.3, 0.4) is 0 Å². The summed E-state index contributed by atoms with van der Waals surface area (Å²) < 4.78 is 1.40. The molecule has 0 atom stereocenters. The molecule has 0 amide bonds. The van der Waals surface area contributed by atoms with Gasteiger partial charge in [-0.15, -0.1) is 0 Å². The van der Waals surface area contributed by atoms with Crippen molar-refractivity contribution in [2.24, 2.45) is 10.1 Å². The molecule has 0 spiro atoms. The highest BCUT2D eigenvalue weighted by Crippen LogP contribution is 2.31. The summed E-state index contributed by atoms with van der Waals surface area (Å²) in [6.45, 7) is 14.1. The number of anilines is 2. The predicted octanol–water partition coefficient (Wildman–Crippen LogP) is 4.18.